The summed E-state index contributed by atoms with van der Waals surface area (Å²) < 4.78 is 12.2. The number of aromatic nitrogens is 1. The Morgan fingerprint density at radius 1 is 1.29 bits per heavy atom. The highest BCUT2D eigenvalue weighted by atomic mass is 16.7. The van der Waals surface area contributed by atoms with E-state index in [4.69, 9.17) is 15.2 Å². The summed E-state index contributed by atoms with van der Waals surface area (Å²) in [5, 5.41) is 2.86. The molecule has 3 rings (SSSR count). The van der Waals surface area contributed by atoms with Crippen molar-refractivity contribution in [2.45, 2.75) is 19.5 Å². The normalized spacial score (nSPS) is 13.4. The Balaban J connectivity index is 1.64. The maximum Gasteiger partial charge on any atom is 0.289 e. The Morgan fingerprint density at radius 2 is 2.08 bits per heavy atom. The van der Waals surface area contributed by atoms with Gasteiger partial charge >= 0.3 is 0 Å². The van der Waals surface area contributed by atoms with E-state index in [9.17, 15) is 9.59 Å². The fourth-order valence-electron chi connectivity index (χ4n) is 2.40. The number of pyridine rings is 1. The summed E-state index contributed by atoms with van der Waals surface area (Å²) in [6.45, 7) is 2.34. The van der Waals surface area contributed by atoms with Gasteiger partial charge in [-0.15, -0.1) is 0 Å². The number of nitrogens with zero attached hydrogens (tertiary/aromatic N) is 1. The second-order valence-electron chi connectivity index (χ2n) is 5.49. The number of carbonyl (C=O) groups is 2. The SMILES string of the molecule is C[C@@H](C(=O)NCc1ccc2c(c1)OCO2)[n+]1cccc(C(N)=O)c1. The van der Waals surface area contributed by atoms with Crippen LogP contribution >= 0.6 is 0 Å². The van der Waals surface area contributed by atoms with E-state index in [0.29, 0.717) is 23.6 Å². The van der Waals surface area contributed by atoms with Gasteiger partial charge in [0, 0.05) is 19.5 Å². The van der Waals surface area contributed by atoms with Crippen molar-refractivity contribution < 1.29 is 23.6 Å². The van der Waals surface area contributed by atoms with Crippen LogP contribution in [-0.2, 0) is 11.3 Å². The number of nitrogens with one attached hydrogen (secondary N) is 1. The Kier molecular flexibility index (Phi) is 4.33. The maximum absolute atomic E-state index is 12.3. The Hall–Kier alpha value is -3.09. The molecule has 1 atom stereocenters. The zero-order valence-electron chi connectivity index (χ0n) is 13.2. The van der Waals surface area contributed by atoms with E-state index in [1.54, 1.807) is 36.0 Å². The van der Waals surface area contributed by atoms with Crippen LogP contribution in [0.4, 0.5) is 0 Å². The summed E-state index contributed by atoms with van der Waals surface area (Å²) in [6.07, 6.45) is 3.28. The molecule has 1 aromatic carbocycles. The number of amides is 2. The fraction of sp³-hybridized carbons (Fsp3) is 0.235. The highest BCUT2D eigenvalue weighted by Crippen LogP contribution is 2.32. The summed E-state index contributed by atoms with van der Waals surface area (Å²) in [5.41, 5.74) is 6.53. The highest BCUT2D eigenvalue weighted by molar-refractivity contribution is 5.92. The molecular formula is C17H18N3O4+. The molecule has 0 radical (unpaired) electrons. The van der Waals surface area contributed by atoms with Crippen LogP contribution in [0.25, 0.3) is 0 Å². The lowest BCUT2D eigenvalue weighted by Gasteiger charge is -2.09. The summed E-state index contributed by atoms with van der Waals surface area (Å²) in [5.74, 6) is 0.687. The third kappa shape index (κ3) is 3.29. The number of nitrogens with two attached hydrogens (primary N) is 1. The number of fused-ring (bicyclic) bond motifs is 1. The van der Waals surface area contributed by atoms with E-state index in [-0.39, 0.29) is 12.7 Å². The van der Waals surface area contributed by atoms with Crippen LogP contribution in [-0.4, -0.2) is 18.6 Å². The largest absolute Gasteiger partial charge is 0.454 e. The van der Waals surface area contributed by atoms with E-state index in [1.165, 1.54) is 0 Å². The van der Waals surface area contributed by atoms with Crippen LogP contribution in [0.15, 0.2) is 42.7 Å². The summed E-state index contributed by atoms with van der Waals surface area (Å²) in [7, 11) is 0. The van der Waals surface area contributed by atoms with Crippen LogP contribution in [0, 0.1) is 0 Å². The molecule has 0 saturated heterocycles. The average molecular weight is 328 g/mol. The second-order valence-corrected chi connectivity index (χ2v) is 5.49. The monoisotopic (exact) mass is 328 g/mol. The summed E-state index contributed by atoms with van der Waals surface area (Å²) in [4.78, 5) is 23.6. The van der Waals surface area contributed by atoms with E-state index in [0.717, 1.165) is 5.56 Å². The van der Waals surface area contributed by atoms with Crippen molar-refractivity contribution in [1.29, 1.82) is 0 Å². The van der Waals surface area contributed by atoms with Crippen molar-refractivity contribution in [3.8, 4) is 11.5 Å². The lowest BCUT2D eigenvalue weighted by atomic mass is 10.2. The first-order valence-electron chi connectivity index (χ1n) is 7.51. The maximum atomic E-state index is 12.3. The third-order valence-electron chi connectivity index (χ3n) is 3.84. The number of benzene rings is 1. The zero-order chi connectivity index (χ0) is 17.1. The molecule has 0 saturated carbocycles. The number of primary amides is 1. The molecule has 0 unspecified atom stereocenters. The van der Waals surface area contributed by atoms with E-state index < -0.39 is 11.9 Å². The Morgan fingerprint density at radius 3 is 2.88 bits per heavy atom. The minimum Gasteiger partial charge on any atom is -0.454 e. The predicted molar refractivity (Wildman–Crippen MR) is 84.3 cm³/mol. The van der Waals surface area contributed by atoms with Gasteiger partial charge in [-0.3, -0.25) is 9.59 Å². The van der Waals surface area contributed by atoms with Crippen LogP contribution in [0.1, 0.15) is 28.9 Å². The molecule has 1 aromatic heterocycles. The second kappa shape index (κ2) is 6.57. The van der Waals surface area contributed by atoms with Gasteiger partial charge < -0.3 is 20.5 Å². The molecule has 124 valence electrons. The molecule has 0 spiro atoms. The first kappa shape index (κ1) is 15.8. The molecule has 1 aliphatic heterocycles. The molecular weight excluding hydrogens is 310 g/mol. The van der Waals surface area contributed by atoms with Gasteiger partial charge in [0.15, 0.2) is 23.9 Å². The van der Waals surface area contributed by atoms with E-state index in [2.05, 4.69) is 5.32 Å². The standard InChI is InChI=1S/C17H17N3O4/c1-11(20-6-2-3-13(9-20)16(18)21)17(22)19-8-12-4-5-14-15(7-12)24-10-23-14/h2-7,9,11H,8,10H2,1H3,(H2-,18,19,21,22)/p+1/t11-/m0/s1. The van der Waals surface area contributed by atoms with Crippen LogP contribution in [0.2, 0.25) is 0 Å². The number of ether oxygens (including phenoxy) is 2. The quantitative estimate of drug-likeness (QED) is 0.789. The molecule has 7 heteroatoms. The van der Waals surface area contributed by atoms with Crippen molar-refractivity contribution in [1.82, 2.24) is 5.32 Å². The first-order valence-corrected chi connectivity index (χ1v) is 7.51. The van der Waals surface area contributed by atoms with Gasteiger partial charge in [0.25, 0.3) is 11.8 Å². The van der Waals surface area contributed by atoms with E-state index >= 15 is 0 Å². The minimum atomic E-state index is -0.530. The molecule has 7 nitrogen and oxygen atoms in total. The number of carbonyl (C=O) groups excluding carboxylic acids is 2. The van der Waals surface area contributed by atoms with Gasteiger partial charge in [-0.1, -0.05) is 6.07 Å². The van der Waals surface area contributed by atoms with Crippen molar-refractivity contribution in [2.75, 3.05) is 6.79 Å². The predicted octanol–water partition coefficient (Wildman–Crippen LogP) is 0.679. The van der Waals surface area contributed by atoms with Gasteiger partial charge in [-0.2, -0.15) is 4.57 Å². The van der Waals surface area contributed by atoms with Crippen LogP contribution in [0.5, 0.6) is 11.5 Å². The summed E-state index contributed by atoms with van der Waals surface area (Å²) in [6, 6.07) is 8.35. The number of hydrogen-bond donors (Lipinski definition) is 2. The average Bonchev–Trinajstić information content (AvgIpc) is 3.06. The zero-order valence-corrected chi connectivity index (χ0v) is 13.2. The van der Waals surface area contributed by atoms with Gasteiger partial charge in [-0.25, -0.2) is 0 Å². The molecule has 24 heavy (non-hydrogen) atoms. The molecule has 0 fully saturated rings. The number of rotatable bonds is 5. The smallest absolute Gasteiger partial charge is 0.289 e. The fourth-order valence-corrected chi connectivity index (χ4v) is 2.40. The van der Waals surface area contributed by atoms with Gasteiger partial charge in [0.05, 0.1) is 0 Å². The van der Waals surface area contributed by atoms with Crippen molar-refractivity contribution in [2.24, 2.45) is 5.73 Å². The van der Waals surface area contributed by atoms with Gasteiger partial charge in [-0.05, 0) is 23.8 Å². The minimum absolute atomic E-state index is 0.167. The van der Waals surface area contributed by atoms with Gasteiger partial charge in [0.2, 0.25) is 12.8 Å². The molecule has 0 bridgehead atoms. The lowest BCUT2D eigenvalue weighted by molar-refractivity contribution is -0.706. The van der Waals surface area contributed by atoms with Crippen LogP contribution < -0.4 is 25.1 Å². The molecule has 2 aromatic rings. The van der Waals surface area contributed by atoms with Crippen molar-refractivity contribution in [3.63, 3.8) is 0 Å². The van der Waals surface area contributed by atoms with Gasteiger partial charge in [0.1, 0.15) is 5.56 Å². The van der Waals surface area contributed by atoms with Crippen molar-refractivity contribution >= 4 is 11.8 Å². The third-order valence-corrected chi connectivity index (χ3v) is 3.84. The Bertz CT molecular complexity index is 791. The molecule has 2 amide bonds. The first-order chi connectivity index (χ1) is 11.5. The molecule has 2 heterocycles. The van der Waals surface area contributed by atoms with E-state index in [1.807, 2.05) is 18.2 Å². The summed E-state index contributed by atoms with van der Waals surface area (Å²) >= 11 is 0. The Labute approximate surface area is 139 Å². The molecule has 3 N–H and O–H groups in total. The van der Waals surface area contributed by atoms with Crippen molar-refractivity contribution in [3.05, 3.63) is 53.9 Å². The molecule has 0 aliphatic carbocycles. The lowest BCUT2D eigenvalue weighted by Crippen LogP contribution is -2.46. The highest BCUT2D eigenvalue weighted by Gasteiger charge is 2.23. The topological polar surface area (TPSA) is 94.5 Å². The number of hydrogen-bond acceptors (Lipinski definition) is 4. The van der Waals surface area contributed by atoms with Crippen LogP contribution in [0.3, 0.4) is 0 Å². The molecule has 1 aliphatic rings.